The zero-order valence-electron chi connectivity index (χ0n) is 17.9. The topological polar surface area (TPSA) is 95.1 Å². The molecular weight excluding hydrogens is 416 g/mol. The van der Waals surface area contributed by atoms with Crippen LogP contribution in [-0.2, 0) is 0 Å². The average Bonchev–Trinajstić information content (AvgIpc) is 3.56. The van der Waals surface area contributed by atoms with Gasteiger partial charge in [-0.05, 0) is 54.0 Å². The zero-order valence-corrected chi connectivity index (χ0v) is 17.9. The van der Waals surface area contributed by atoms with Crippen molar-refractivity contribution in [2.45, 2.75) is 0 Å². The molecule has 2 aromatic heterocycles. The van der Waals surface area contributed by atoms with Crippen LogP contribution in [-0.4, -0.2) is 68.2 Å². The highest BCUT2D eigenvalue weighted by atomic mass is 16.2. The average molecular weight is 438 g/mol. The standard InChI is InChI=1S/C25H22N6O2/c32-24(15-6-7-21-23(9-15)28-29-27-21)30-10-16-17(11-30)19-13-31(12-18(16)19)25(33)22-8-5-14-3-1-2-4-20(14)26-22/h1-9,16-19H,10-13H2,(H,27,28,29)/t16-,17+,18+,19-. The molecule has 1 N–H and O–H groups in total. The van der Waals surface area contributed by atoms with Crippen LogP contribution in [0.3, 0.4) is 0 Å². The van der Waals surface area contributed by atoms with Gasteiger partial charge in [0, 0.05) is 37.1 Å². The second kappa shape index (κ2) is 6.84. The van der Waals surface area contributed by atoms with E-state index in [-0.39, 0.29) is 11.8 Å². The second-order valence-corrected chi connectivity index (χ2v) is 9.49. The summed E-state index contributed by atoms with van der Waals surface area (Å²) in [6.45, 7) is 3.04. The summed E-state index contributed by atoms with van der Waals surface area (Å²) in [4.78, 5) is 34.8. The van der Waals surface area contributed by atoms with Crippen LogP contribution in [0.4, 0.5) is 0 Å². The molecule has 2 aromatic carbocycles. The number of carbonyl (C=O) groups is 2. The van der Waals surface area contributed by atoms with Gasteiger partial charge in [-0.2, -0.15) is 15.4 Å². The van der Waals surface area contributed by atoms with E-state index in [1.54, 1.807) is 6.07 Å². The van der Waals surface area contributed by atoms with Crippen molar-refractivity contribution in [1.29, 1.82) is 0 Å². The number of hydrogen-bond donors (Lipinski definition) is 1. The van der Waals surface area contributed by atoms with Crippen molar-refractivity contribution in [2.75, 3.05) is 26.2 Å². The molecule has 3 fully saturated rings. The lowest BCUT2D eigenvalue weighted by Crippen LogP contribution is -2.44. The Labute approximate surface area is 189 Å². The molecule has 1 aliphatic carbocycles. The minimum Gasteiger partial charge on any atom is -0.338 e. The van der Waals surface area contributed by atoms with Gasteiger partial charge in [0.25, 0.3) is 11.8 Å². The summed E-state index contributed by atoms with van der Waals surface area (Å²) < 4.78 is 0. The number of aromatic nitrogens is 4. The normalized spacial score (nSPS) is 25.8. The SMILES string of the molecule is O=C(c1ccc2n[nH]nc2c1)N1C[C@@H]2[C@H](C1)[C@H]1CN(C(=O)c3ccc4ccccc4n3)C[C@@H]21. The fourth-order valence-corrected chi connectivity index (χ4v) is 6.21. The van der Waals surface area contributed by atoms with Gasteiger partial charge in [-0.3, -0.25) is 9.59 Å². The van der Waals surface area contributed by atoms with Crippen molar-refractivity contribution in [3.8, 4) is 0 Å². The number of nitrogens with zero attached hydrogens (tertiary/aromatic N) is 5. The molecule has 4 aromatic rings. The van der Waals surface area contributed by atoms with Crippen LogP contribution in [0.25, 0.3) is 21.9 Å². The number of nitrogens with one attached hydrogen (secondary N) is 1. The fourth-order valence-electron chi connectivity index (χ4n) is 6.21. The molecule has 4 atom stereocenters. The minimum atomic E-state index is 0.0158. The number of hydrogen-bond acceptors (Lipinski definition) is 5. The predicted octanol–water partition coefficient (Wildman–Crippen LogP) is 2.60. The Bertz CT molecular complexity index is 1410. The van der Waals surface area contributed by atoms with Crippen molar-refractivity contribution in [3.05, 3.63) is 65.9 Å². The molecule has 0 unspecified atom stereocenters. The Morgan fingerprint density at radius 3 is 2.15 bits per heavy atom. The number of aromatic amines is 1. The van der Waals surface area contributed by atoms with E-state index in [0.717, 1.165) is 42.6 Å². The lowest BCUT2D eigenvalue weighted by molar-refractivity contribution is 0.0629. The number of benzene rings is 2. The first-order chi connectivity index (χ1) is 16.2. The van der Waals surface area contributed by atoms with E-state index in [4.69, 9.17) is 0 Å². The number of amides is 2. The third kappa shape index (κ3) is 2.79. The van der Waals surface area contributed by atoms with E-state index in [1.165, 1.54) is 0 Å². The molecule has 1 saturated carbocycles. The zero-order chi connectivity index (χ0) is 22.1. The fraction of sp³-hybridized carbons (Fsp3) is 0.320. The summed E-state index contributed by atoms with van der Waals surface area (Å²) in [5.74, 6) is 1.95. The van der Waals surface area contributed by atoms with Crippen molar-refractivity contribution < 1.29 is 9.59 Å². The van der Waals surface area contributed by atoms with Crippen LogP contribution < -0.4 is 0 Å². The maximum Gasteiger partial charge on any atom is 0.272 e. The molecule has 2 amide bonds. The first kappa shape index (κ1) is 18.7. The van der Waals surface area contributed by atoms with Crippen LogP contribution in [0, 0.1) is 23.7 Å². The summed E-state index contributed by atoms with van der Waals surface area (Å²) in [6, 6.07) is 17.1. The predicted molar refractivity (Wildman–Crippen MR) is 121 cm³/mol. The molecular formula is C25H22N6O2. The molecule has 0 radical (unpaired) electrons. The number of carbonyl (C=O) groups excluding carboxylic acids is 2. The van der Waals surface area contributed by atoms with Gasteiger partial charge >= 0.3 is 0 Å². The summed E-state index contributed by atoms with van der Waals surface area (Å²) in [5.41, 5.74) is 3.48. The summed E-state index contributed by atoms with van der Waals surface area (Å²) in [6.07, 6.45) is 0. The Morgan fingerprint density at radius 2 is 1.39 bits per heavy atom. The molecule has 3 aliphatic rings. The van der Waals surface area contributed by atoms with Gasteiger partial charge < -0.3 is 9.80 Å². The highest BCUT2D eigenvalue weighted by molar-refractivity contribution is 5.97. The molecule has 0 spiro atoms. The highest BCUT2D eigenvalue weighted by Crippen LogP contribution is 2.54. The molecule has 4 heterocycles. The van der Waals surface area contributed by atoms with Crippen LogP contribution in [0.2, 0.25) is 0 Å². The Hall–Kier alpha value is -3.81. The maximum absolute atomic E-state index is 13.2. The summed E-state index contributed by atoms with van der Waals surface area (Å²) >= 11 is 0. The molecule has 0 bridgehead atoms. The van der Waals surface area contributed by atoms with Crippen LogP contribution in [0.5, 0.6) is 0 Å². The monoisotopic (exact) mass is 438 g/mol. The number of H-pyrrole nitrogens is 1. The van der Waals surface area contributed by atoms with Crippen LogP contribution >= 0.6 is 0 Å². The molecule has 33 heavy (non-hydrogen) atoms. The number of rotatable bonds is 2. The van der Waals surface area contributed by atoms with Gasteiger partial charge in [-0.25, -0.2) is 4.98 Å². The van der Waals surface area contributed by atoms with Crippen molar-refractivity contribution in [1.82, 2.24) is 30.2 Å². The van der Waals surface area contributed by atoms with Crippen molar-refractivity contribution in [3.63, 3.8) is 0 Å². The quantitative estimate of drug-likeness (QED) is 0.519. The van der Waals surface area contributed by atoms with Crippen molar-refractivity contribution >= 4 is 33.8 Å². The Balaban J connectivity index is 1.04. The molecule has 8 heteroatoms. The first-order valence-corrected chi connectivity index (χ1v) is 11.4. The van der Waals surface area contributed by atoms with Gasteiger partial charge in [0.05, 0.1) is 5.52 Å². The number of pyridine rings is 1. The smallest absolute Gasteiger partial charge is 0.272 e. The molecule has 8 nitrogen and oxygen atoms in total. The van der Waals surface area contributed by atoms with Gasteiger partial charge in [0.1, 0.15) is 16.7 Å². The third-order valence-corrected chi connectivity index (χ3v) is 7.88. The number of fused-ring (bicyclic) bond motifs is 6. The molecule has 2 aliphatic heterocycles. The lowest BCUT2D eigenvalue weighted by atomic mass is 9.60. The largest absolute Gasteiger partial charge is 0.338 e. The van der Waals surface area contributed by atoms with E-state index in [9.17, 15) is 9.59 Å². The van der Waals surface area contributed by atoms with Crippen molar-refractivity contribution in [2.24, 2.45) is 23.7 Å². The summed E-state index contributed by atoms with van der Waals surface area (Å²) in [5, 5.41) is 11.8. The lowest BCUT2D eigenvalue weighted by Gasteiger charge is -2.42. The van der Waals surface area contributed by atoms with Crippen LogP contribution in [0.1, 0.15) is 20.8 Å². The number of likely N-dealkylation sites (tertiary alicyclic amines) is 2. The third-order valence-electron chi connectivity index (χ3n) is 7.88. The van der Waals surface area contributed by atoms with Gasteiger partial charge in [-0.1, -0.05) is 24.3 Å². The molecule has 7 rings (SSSR count). The van der Waals surface area contributed by atoms with Gasteiger partial charge in [0.2, 0.25) is 0 Å². The Kier molecular flexibility index (Phi) is 3.88. The van der Waals surface area contributed by atoms with Gasteiger partial charge in [0.15, 0.2) is 0 Å². The van der Waals surface area contributed by atoms with Crippen LogP contribution in [0.15, 0.2) is 54.6 Å². The van der Waals surface area contributed by atoms with E-state index in [0.29, 0.717) is 40.4 Å². The second-order valence-electron chi connectivity index (χ2n) is 9.49. The van der Waals surface area contributed by atoms with E-state index < -0.39 is 0 Å². The summed E-state index contributed by atoms with van der Waals surface area (Å²) in [7, 11) is 0. The maximum atomic E-state index is 13.2. The molecule has 2 saturated heterocycles. The van der Waals surface area contributed by atoms with E-state index in [1.807, 2.05) is 58.3 Å². The Morgan fingerprint density at radius 1 is 0.727 bits per heavy atom. The minimum absolute atomic E-state index is 0.0158. The van der Waals surface area contributed by atoms with Gasteiger partial charge in [-0.15, -0.1) is 0 Å². The van der Waals surface area contributed by atoms with E-state index in [2.05, 4.69) is 20.4 Å². The molecule has 164 valence electrons. The van der Waals surface area contributed by atoms with E-state index >= 15 is 0 Å². The first-order valence-electron chi connectivity index (χ1n) is 11.4. The highest BCUT2D eigenvalue weighted by Gasteiger charge is 2.59. The number of para-hydroxylation sites is 1.